The lowest BCUT2D eigenvalue weighted by atomic mass is 9.98. The molecule has 3 amide bonds. The Morgan fingerprint density at radius 1 is 1.23 bits per heavy atom. The van der Waals surface area contributed by atoms with Crippen molar-refractivity contribution in [2.75, 3.05) is 31.1 Å². The Morgan fingerprint density at radius 3 is 2.47 bits per heavy atom. The van der Waals surface area contributed by atoms with Gasteiger partial charge in [0.15, 0.2) is 5.13 Å². The van der Waals surface area contributed by atoms with Crippen molar-refractivity contribution >= 4 is 34.6 Å². The van der Waals surface area contributed by atoms with Crippen molar-refractivity contribution in [3.8, 4) is 0 Å². The molecule has 3 rings (SSSR count). The van der Waals surface area contributed by atoms with Crippen LogP contribution in [0.4, 0.5) is 14.7 Å². The van der Waals surface area contributed by atoms with E-state index in [9.17, 15) is 19.5 Å². The van der Waals surface area contributed by atoms with Crippen LogP contribution in [0.1, 0.15) is 62.3 Å². The van der Waals surface area contributed by atoms with Crippen LogP contribution in [0, 0.1) is 0 Å². The Bertz CT molecular complexity index is 811. The van der Waals surface area contributed by atoms with Gasteiger partial charge in [0.05, 0.1) is 5.69 Å². The predicted molar refractivity (Wildman–Crippen MR) is 113 cm³/mol. The van der Waals surface area contributed by atoms with Crippen molar-refractivity contribution in [3.63, 3.8) is 0 Å². The summed E-state index contributed by atoms with van der Waals surface area (Å²) in [6.07, 6.45) is 1.38. The van der Waals surface area contributed by atoms with E-state index in [1.807, 2.05) is 32.6 Å². The van der Waals surface area contributed by atoms with Gasteiger partial charge >= 0.3 is 12.2 Å². The van der Waals surface area contributed by atoms with Crippen molar-refractivity contribution < 1.29 is 24.2 Å². The van der Waals surface area contributed by atoms with Gasteiger partial charge in [-0.05, 0) is 27.2 Å². The minimum atomic E-state index is -1.20. The second-order valence-corrected chi connectivity index (χ2v) is 9.66. The molecule has 0 aliphatic carbocycles. The first-order valence-electron chi connectivity index (χ1n) is 10.4. The molecule has 166 valence electrons. The number of amides is 3. The molecule has 1 aromatic rings. The summed E-state index contributed by atoms with van der Waals surface area (Å²) >= 11 is 1.24. The Morgan fingerprint density at radius 2 is 1.90 bits per heavy atom. The topological polar surface area (TPSA) is 103 Å². The fourth-order valence-corrected chi connectivity index (χ4v) is 4.77. The molecular formula is C20H30N4O5S. The van der Waals surface area contributed by atoms with Gasteiger partial charge in [0.25, 0.3) is 5.91 Å². The highest BCUT2D eigenvalue weighted by atomic mass is 32.1. The zero-order valence-corrected chi connectivity index (χ0v) is 18.8. The third-order valence-electron chi connectivity index (χ3n) is 5.19. The summed E-state index contributed by atoms with van der Waals surface area (Å²) in [5.41, 5.74) is 0.154. The van der Waals surface area contributed by atoms with Crippen molar-refractivity contribution in [2.24, 2.45) is 0 Å². The van der Waals surface area contributed by atoms with E-state index in [-0.39, 0.29) is 12.1 Å². The number of carbonyl (C=O) groups is 3. The molecule has 2 aliphatic heterocycles. The maximum absolute atomic E-state index is 12.8. The van der Waals surface area contributed by atoms with Gasteiger partial charge in [-0.25, -0.2) is 19.5 Å². The van der Waals surface area contributed by atoms with E-state index in [2.05, 4.69) is 4.98 Å². The largest absolute Gasteiger partial charge is 0.465 e. The fraction of sp³-hybridized carbons (Fsp3) is 0.700. The van der Waals surface area contributed by atoms with Crippen molar-refractivity contribution in [3.05, 3.63) is 10.6 Å². The number of fused-ring (bicyclic) bond motifs is 1. The molecule has 1 fully saturated rings. The Hall–Kier alpha value is -2.36. The molecule has 1 unspecified atom stereocenters. The third-order valence-corrected chi connectivity index (χ3v) is 6.34. The number of carbonyl (C=O) groups excluding carboxylic acids is 2. The van der Waals surface area contributed by atoms with E-state index in [4.69, 9.17) is 4.74 Å². The summed E-state index contributed by atoms with van der Waals surface area (Å²) < 4.78 is 5.43. The minimum absolute atomic E-state index is 0.327. The van der Waals surface area contributed by atoms with Gasteiger partial charge in [-0.15, -0.1) is 0 Å². The molecular weight excluding hydrogens is 408 g/mol. The highest BCUT2D eigenvalue weighted by molar-refractivity contribution is 7.17. The number of aromatic nitrogens is 1. The minimum Gasteiger partial charge on any atom is -0.465 e. The maximum Gasteiger partial charge on any atom is 0.414 e. The van der Waals surface area contributed by atoms with E-state index >= 15 is 0 Å². The smallest absolute Gasteiger partial charge is 0.414 e. The summed E-state index contributed by atoms with van der Waals surface area (Å²) in [4.78, 5) is 46.5. The SMILES string of the molecule is CCCCC1Cc2nc(N3CCN(C(=O)OC(C)(C)C)CC3)sc2C(=O)N1C(=O)O. The third kappa shape index (κ3) is 4.85. The number of unbranched alkanes of at least 4 members (excludes halogenated alkanes) is 1. The average molecular weight is 439 g/mol. The second-order valence-electron chi connectivity index (χ2n) is 8.68. The number of imide groups is 1. The van der Waals surface area contributed by atoms with Crippen LogP contribution < -0.4 is 4.90 Å². The van der Waals surface area contributed by atoms with Gasteiger partial charge in [-0.3, -0.25) is 4.79 Å². The normalized spacial score (nSPS) is 19.7. The van der Waals surface area contributed by atoms with Crippen LogP contribution in [0.5, 0.6) is 0 Å². The Balaban J connectivity index is 1.70. The molecule has 10 heteroatoms. The zero-order chi connectivity index (χ0) is 22.1. The summed E-state index contributed by atoms with van der Waals surface area (Å²) in [7, 11) is 0. The highest BCUT2D eigenvalue weighted by Crippen LogP contribution is 2.34. The number of ether oxygens (including phenoxy) is 1. The van der Waals surface area contributed by atoms with Crippen molar-refractivity contribution in [1.29, 1.82) is 0 Å². The number of hydrogen-bond donors (Lipinski definition) is 1. The maximum atomic E-state index is 12.8. The number of nitrogens with zero attached hydrogens (tertiary/aromatic N) is 4. The number of rotatable bonds is 4. The van der Waals surface area contributed by atoms with E-state index < -0.39 is 17.6 Å². The lowest BCUT2D eigenvalue weighted by Crippen LogP contribution is -2.50. The number of anilines is 1. The molecule has 0 spiro atoms. The molecule has 30 heavy (non-hydrogen) atoms. The lowest BCUT2D eigenvalue weighted by Gasteiger charge is -2.35. The second kappa shape index (κ2) is 8.79. The molecule has 0 aromatic carbocycles. The van der Waals surface area contributed by atoms with Gasteiger partial charge in [-0.2, -0.15) is 0 Å². The number of hydrogen-bond acceptors (Lipinski definition) is 7. The van der Waals surface area contributed by atoms with E-state index in [0.717, 1.165) is 17.7 Å². The van der Waals surface area contributed by atoms with Crippen LogP contribution >= 0.6 is 11.3 Å². The predicted octanol–water partition coefficient (Wildman–Crippen LogP) is 3.44. The molecule has 1 N–H and O–H groups in total. The molecule has 2 aliphatic rings. The summed E-state index contributed by atoms with van der Waals surface area (Å²) in [5.74, 6) is -0.471. The molecule has 1 atom stereocenters. The molecule has 1 saturated heterocycles. The van der Waals surface area contributed by atoms with Crippen molar-refractivity contribution in [2.45, 2.75) is 65.0 Å². The van der Waals surface area contributed by atoms with Gasteiger partial charge in [0.2, 0.25) is 0 Å². The Labute approximate surface area is 180 Å². The summed E-state index contributed by atoms with van der Waals surface area (Å²) in [6, 6.07) is -0.360. The van der Waals surface area contributed by atoms with Crippen LogP contribution in [-0.2, 0) is 11.2 Å². The van der Waals surface area contributed by atoms with Gasteiger partial charge in [-0.1, -0.05) is 31.1 Å². The first-order chi connectivity index (χ1) is 14.1. The van der Waals surface area contributed by atoms with E-state index in [0.29, 0.717) is 54.7 Å². The van der Waals surface area contributed by atoms with Crippen LogP contribution in [0.2, 0.25) is 0 Å². The van der Waals surface area contributed by atoms with E-state index in [1.165, 1.54) is 11.3 Å². The average Bonchev–Trinajstić information content (AvgIpc) is 3.09. The van der Waals surface area contributed by atoms with Crippen LogP contribution in [0.3, 0.4) is 0 Å². The molecule has 0 saturated carbocycles. The van der Waals surface area contributed by atoms with E-state index in [1.54, 1.807) is 4.90 Å². The first kappa shape index (κ1) is 22.3. The number of carboxylic acid groups (broad SMARTS) is 1. The molecule has 0 radical (unpaired) electrons. The Kier molecular flexibility index (Phi) is 6.54. The molecule has 1 aromatic heterocycles. The number of thiazole rings is 1. The van der Waals surface area contributed by atoms with Gasteiger partial charge in [0, 0.05) is 38.6 Å². The van der Waals surface area contributed by atoms with Crippen LogP contribution in [0.25, 0.3) is 0 Å². The lowest BCUT2D eigenvalue weighted by molar-refractivity contribution is 0.0240. The van der Waals surface area contributed by atoms with Crippen LogP contribution in [-0.4, -0.2) is 75.8 Å². The fourth-order valence-electron chi connectivity index (χ4n) is 3.69. The monoisotopic (exact) mass is 438 g/mol. The zero-order valence-electron chi connectivity index (χ0n) is 18.0. The highest BCUT2D eigenvalue weighted by Gasteiger charge is 2.39. The standard InChI is InChI=1S/C20H30N4O5S/c1-5-6-7-13-12-14-15(16(25)24(13)18(26)27)30-17(21-14)22-8-10-23(11-9-22)19(28)29-20(2,3)4/h13H,5-12H2,1-4H3,(H,26,27). The molecule has 9 nitrogen and oxygen atoms in total. The number of piperazine rings is 1. The quantitative estimate of drug-likeness (QED) is 0.768. The first-order valence-corrected chi connectivity index (χ1v) is 11.2. The van der Waals surface area contributed by atoms with Gasteiger partial charge in [0.1, 0.15) is 10.5 Å². The summed E-state index contributed by atoms with van der Waals surface area (Å²) in [5, 5.41) is 10.3. The van der Waals surface area contributed by atoms with Crippen molar-refractivity contribution in [1.82, 2.24) is 14.8 Å². The van der Waals surface area contributed by atoms with Crippen LogP contribution in [0.15, 0.2) is 0 Å². The molecule has 3 heterocycles. The molecule has 0 bridgehead atoms. The summed E-state index contributed by atoms with van der Waals surface area (Å²) in [6.45, 7) is 9.74. The van der Waals surface area contributed by atoms with Gasteiger partial charge < -0.3 is 19.6 Å².